The zero-order valence-corrected chi connectivity index (χ0v) is 13.5. The predicted molar refractivity (Wildman–Crippen MR) is 81.7 cm³/mol. The molecule has 1 amide bonds. The fraction of sp³-hybridized carbons (Fsp3) is 0.286. The fourth-order valence-corrected chi connectivity index (χ4v) is 2.80. The molecule has 1 unspecified atom stereocenters. The number of ether oxygens (including phenoxy) is 1. The second-order valence-corrected chi connectivity index (χ2v) is 6.15. The standard InChI is InChI=1S/C14H16N2O7S/c1-2-3-8-23-10-4-6-11(7-5-10)24(21,22)16-12(9-13(17)18)14(19)15-20/h4-7,12,16,20H,8-9H2,1H3,(H,15,19)(H,17,18). The third kappa shape index (κ3) is 5.88. The van der Waals surface area contributed by atoms with Gasteiger partial charge in [0, 0.05) is 0 Å². The van der Waals surface area contributed by atoms with E-state index in [0.717, 1.165) is 0 Å². The lowest BCUT2D eigenvalue weighted by Crippen LogP contribution is -2.46. The van der Waals surface area contributed by atoms with Gasteiger partial charge in [0.1, 0.15) is 18.4 Å². The lowest BCUT2D eigenvalue weighted by molar-refractivity contribution is -0.141. The van der Waals surface area contributed by atoms with Crippen LogP contribution in [0.4, 0.5) is 0 Å². The van der Waals surface area contributed by atoms with Crippen molar-refractivity contribution in [2.75, 3.05) is 6.61 Å². The van der Waals surface area contributed by atoms with Gasteiger partial charge in [-0.3, -0.25) is 14.8 Å². The highest BCUT2D eigenvalue weighted by atomic mass is 32.2. The quantitative estimate of drug-likeness (QED) is 0.285. The van der Waals surface area contributed by atoms with Crippen molar-refractivity contribution in [3.8, 4) is 17.6 Å². The highest BCUT2D eigenvalue weighted by Crippen LogP contribution is 2.16. The van der Waals surface area contributed by atoms with E-state index in [1.54, 1.807) is 6.92 Å². The topological polar surface area (TPSA) is 142 Å². The molecule has 1 aromatic rings. The van der Waals surface area contributed by atoms with E-state index in [-0.39, 0.29) is 11.5 Å². The van der Waals surface area contributed by atoms with E-state index in [1.165, 1.54) is 29.7 Å². The van der Waals surface area contributed by atoms with Gasteiger partial charge < -0.3 is 9.84 Å². The van der Waals surface area contributed by atoms with Gasteiger partial charge in [-0.25, -0.2) is 13.9 Å². The molecule has 1 atom stereocenters. The number of carboxylic acids is 1. The summed E-state index contributed by atoms with van der Waals surface area (Å²) in [5, 5.41) is 17.3. The lowest BCUT2D eigenvalue weighted by Gasteiger charge is -2.15. The van der Waals surface area contributed by atoms with Crippen molar-refractivity contribution in [2.24, 2.45) is 0 Å². The van der Waals surface area contributed by atoms with Crippen LogP contribution in [0.15, 0.2) is 29.2 Å². The van der Waals surface area contributed by atoms with Gasteiger partial charge in [0.15, 0.2) is 0 Å². The SMILES string of the molecule is CC#CCOc1ccc(S(=O)(=O)NC(CC(=O)O)C(=O)NO)cc1. The third-order valence-electron chi connectivity index (χ3n) is 2.72. The minimum atomic E-state index is -4.17. The van der Waals surface area contributed by atoms with Crippen LogP contribution in [0.1, 0.15) is 13.3 Å². The smallest absolute Gasteiger partial charge is 0.305 e. The Kier molecular flexibility index (Phi) is 7.19. The van der Waals surface area contributed by atoms with Crippen LogP contribution in [-0.4, -0.2) is 43.3 Å². The average molecular weight is 356 g/mol. The maximum atomic E-state index is 12.2. The molecule has 10 heteroatoms. The molecule has 0 bridgehead atoms. The average Bonchev–Trinajstić information content (AvgIpc) is 2.53. The van der Waals surface area contributed by atoms with Crippen molar-refractivity contribution in [1.82, 2.24) is 10.2 Å². The maximum absolute atomic E-state index is 12.2. The van der Waals surface area contributed by atoms with E-state index < -0.39 is 34.4 Å². The Morgan fingerprint density at radius 3 is 2.42 bits per heavy atom. The highest BCUT2D eigenvalue weighted by molar-refractivity contribution is 7.89. The summed E-state index contributed by atoms with van der Waals surface area (Å²) in [5.41, 5.74) is 1.22. The van der Waals surface area contributed by atoms with E-state index >= 15 is 0 Å². The first kappa shape index (κ1) is 19.4. The number of nitrogens with one attached hydrogen (secondary N) is 2. The van der Waals surface area contributed by atoms with Gasteiger partial charge in [0.05, 0.1) is 11.3 Å². The number of hydrogen-bond acceptors (Lipinski definition) is 6. The molecule has 9 nitrogen and oxygen atoms in total. The number of benzene rings is 1. The first-order chi connectivity index (χ1) is 11.3. The Hall–Kier alpha value is -2.61. The minimum absolute atomic E-state index is 0.151. The molecule has 0 spiro atoms. The molecule has 0 aliphatic rings. The van der Waals surface area contributed by atoms with Crippen LogP contribution in [-0.2, 0) is 19.6 Å². The van der Waals surface area contributed by atoms with Gasteiger partial charge in [-0.1, -0.05) is 5.92 Å². The molecule has 0 heterocycles. The third-order valence-corrected chi connectivity index (χ3v) is 4.21. The van der Waals surface area contributed by atoms with Crippen molar-refractivity contribution in [2.45, 2.75) is 24.3 Å². The summed E-state index contributed by atoms with van der Waals surface area (Å²) < 4.78 is 31.5. The van der Waals surface area contributed by atoms with Crippen LogP contribution in [0.2, 0.25) is 0 Å². The molecule has 0 aliphatic carbocycles. The summed E-state index contributed by atoms with van der Waals surface area (Å²) in [4.78, 5) is 21.9. The number of amides is 1. The van der Waals surface area contributed by atoms with Crippen molar-refractivity contribution in [3.05, 3.63) is 24.3 Å². The predicted octanol–water partition coefficient (Wildman–Crippen LogP) is -0.284. The van der Waals surface area contributed by atoms with Crippen molar-refractivity contribution < 1.29 is 33.1 Å². The van der Waals surface area contributed by atoms with Gasteiger partial charge in [-0.05, 0) is 31.2 Å². The van der Waals surface area contributed by atoms with E-state index in [2.05, 4.69) is 11.8 Å². The molecule has 0 fully saturated rings. The lowest BCUT2D eigenvalue weighted by atomic mass is 10.2. The second-order valence-electron chi connectivity index (χ2n) is 4.43. The maximum Gasteiger partial charge on any atom is 0.305 e. The summed E-state index contributed by atoms with van der Waals surface area (Å²) in [6.07, 6.45) is -0.831. The normalized spacial score (nSPS) is 11.8. The van der Waals surface area contributed by atoms with E-state index in [4.69, 9.17) is 15.1 Å². The Balaban J connectivity index is 2.90. The molecule has 0 aromatic heterocycles. The Labute approximate surface area is 138 Å². The minimum Gasteiger partial charge on any atom is -0.481 e. The molecule has 0 saturated carbocycles. The largest absolute Gasteiger partial charge is 0.481 e. The van der Waals surface area contributed by atoms with Crippen LogP contribution in [0.5, 0.6) is 5.75 Å². The number of carbonyl (C=O) groups excluding carboxylic acids is 1. The van der Waals surface area contributed by atoms with Crippen LogP contribution >= 0.6 is 0 Å². The van der Waals surface area contributed by atoms with Crippen LogP contribution in [0.25, 0.3) is 0 Å². The van der Waals surface area contributed by atoms with Gasteiger partial charge in [0.25, 0.3) is 5.91 Å². The summed E-state index contributed by atoms with van der Waals surface area (Å²) in [7, 11) is -4.17. The Morgan fingerprint density at radius 2 is 1.92 bits per heavy atom. The number of sulfonamides is 1. The number of hydroxylamine groups is 1. The zero-order chi connectivity index (χ0) is 18.2. The molecule has 0 radical (unpaired) electrons. The summed E-state index contributed by atoms with van der Waals surface area (Å²) >= 11 is 0. The zero-order valence-electron chi connectivity index (χ0n) is 12.6. The molecular weight excluding hydrogens is 340 g/mol. The number of hydrogen-bond donors (Lipinski definition) is 4. The Morgan fingerprint density at radius 1 is 1.29 bits per heavy atom. The molecule has 0 aliphatic heterocycles. The number of carboxylic acid groups (broad SMARTS) is 1. The molecular formula is C14H16N2O7S. The monoisotopic (exact) mass is 356 g/mol. The van der Waals surface area contributed by atoms with Gasteiger partial charge in [0.2, 0.25) is 10.0 Å². The number of aliphatic carboxylic acids is 1. The van der Waals surface area contributed by atoms with Crippen molar-refractivity contribution >= 4 is 21.9 Å². The fourth-order valence-electron chi connectivity index (χ4n) is 1.60. The van der Waals surface area contributed by atoms with E-state index in [0.29, 0.717) is 5.75 Å². The van der Waals surface area contributed by atoms with Gasteiger partial charge >= 0.3 is 5.97 Å². The number of rotatable bonds is 8. The summed E-state index contributed by atoms with van der Waals surface area (Å²) in [5.74, 6) is 3.12. The first-order valence-electron chi connectivity index (χ1n) is 6.60. The first-order valence-corrected chi connectivity index (χ1v) is 8.09. The van der Waals surface area contributed by atoms with Crippen LogP contribution in [0, 0.1) is 11.8 Å². The second kappa shape index (κ2) is 8.88. The molecule has 130 valence electrons. The molecule has 1 aromatic carbocycles. The highest BCUT2D eigenvalue weighted by Gasteiger charge is 2.27. The number of carbonyl (C=O) groups is 2. The van der Waals surface area contributed by atoms with Gasteiger partial charge in [-0.2, -0.15) is 4.72 Å². The van der Waals surface area contributed by atoms with Crippen molar-refractivity contribution in [3.63, 3.8) is 0 Å². The van der Waals surface area contributed by atoms with E-state index in [9.17, 15) is 18.0 Å². The summed E-state index contributed by atoms with van der Waals surface area (Å²) in [6.45, 7) is 1.80. The Bertz CT molecular complexity index is 748. The summed E-state index contributed by atoms with van der Waals surface area (Å²) in [6, 6.07) is 3.58. The van der Waals surface area contributed by atoms with Crippen molar-refractivity contribution in [1.29, 1.82) is 0 Å². The molecule has 24 heavy (non-hydrogen) atoms. The molecule has 4 N–H and O–H groups in total. The van der Waals surface area contributed by atoms with E-state index in [1.807, 2.05) is 4.72 Å². The molecule has 0 saturated heterocycles. The van der Waals surface area contributed by atoms with Crippen LogP contribution < -0.4 is 14.9 Å². The van der Waals surface area contributed by atoms with Gasteiger partial charge in [-0.15, -0.1) is 5.92 Å². The molecule has 1 rings (SSSR count). The van der Waals surface area contributed by atoms with Crippen LogP contribution in [0.3, 0.4) is 0 Å².